The SMILES string of the molecule is CCOC(=O)/C=C/C=C/C(=O)N[C@H](CC(C)C)NC(=O)[C@H](CO)NC(=O)[C@@H](NC(=O)CCCCCCCNC(=O)OCc1ccccc1)C(C)C. The molecule has 0 radical (unpaired) electrons. The molecule has 0 unspecified atom stereocenters. The topological polar surface area (TPSA) is 201 Å². The Morgan fingerprint density at radius 2 is 1.45 bits per heavy atom. The summed E-state index contributed by atoms with van der Waals surface area (Å²) >= 11 is 0. The van der Waals surface area contributed by atoms with Crippen LogP contribution in [0.3, 0.4) is 0 Å². The maximum Gasteiger partial charge on any atom is 0.407 e. The summed E-state index contributed by atoms with van der Waals surface area (Å²) < 4.78 is 9.95. The number of ether oxygens (including phenoxy) is 2. The highest BCUT2D eigenvalue weighted by Gasteiger charge is 2.29. The standard InChI is InChI=1S/C37H57N5O9/c1-6-50-33(46)21-15-14-20-31(44)40-30(23-26(2)3)41-35(47)29(24-43)39-36(48)34(27(4)5)42-32(45)19-13-8-7-9-16-22-38-37(49)51-25-28-17-11-10-12-18-28/h10-12,14-15,17-18,20-21,26-27,29-30,34,43H,6-9,13,16,19,22-25H2,1-5H3,(H,38,49)(H,39,48)(H,40,44)(H,41,47)(H,42,45)/b20-14+,21-15+/t29-,30-,34-/m0/s1. The number of allylic oxidation sites excluding steroid dienone is 2. The number of hydrogen-bond acceptors (Lipinski definition) is 9. The molecule has 0 aliphatic rings. The van der Waals surface area contributed by atoms with Crippen LogP contribution in [0, 0.1) is 11.8 Å². The van der Waals surface area contributed by atoms with Crippen molar-refractivity contribution in [2.24, 2.45) is 11.8 Å². The minimum absolute atomic E-state index is 0.0733. The van der Waals surface area contributed by atoms with Crippen LogP contribution in [0.15, 0.2) is 54.6 Å². The Morgan fingerprint density at radius 1 is 0.784 bits per heavy atom. The summed E-state index contributed by atoms with van der Waals surface area (Å²) in [7, 11) is 0. The van der Waals surface area contributed by atoms with E-state index in [2.05, 4.69) is 26.6 Å². The van der Waals surface area contributed by atoms with E-state index in [9.17, 15) is 33.9 Å². The zero-order valence-corrected chi connectivity index (χ0v) is 30.6. The van der Waals surface area contributed by atoms with Crippen molar-refractivity contribution in [2.75, 3.05) is 19.8 Å². The molecule has 1 rings (SSSR count). The van der Waals surface area contributed by atoms with Gasteiger partial charge in [0.05, 0.1) is 13.2 Å². The zero-order valence-electron chi connectivity index (χ0n) is 30.6. The lowest BCUT2D eigenvalue weighted by molar-refractivity contribution is -0.137. The number of nitrogens with one attached hydrogen (secondary N) is 5. The van der Waals surface area contributed by atoms with Gasteiger partial charge in [-0.05, 0) is 43.6 Å². The average molecular weight is 716 g/mol. The molecule has 1 aromatic rings. The number of carbonyl (C=O) groups is 6. The molecular formula is C37H57N5O9. The molecule has 0 aliphatic heterocycles. The summed E-state index contributed by atoms with van der Waals surface area (Å²) in [5.74, 6) is -2.95. The van der Waals surface area contributed by atoms with Crippen molar-refractivity contribution in [3.05, 3.63) is 60.2 Å². The molecule has 0 spiro atoms. The van der Waals surface area contributed by atoms with Crippen LogP contribution in [0.2, 0.25) is 0 Å². The van der Waals surface area contributed by atoms with Gasteiger partial charge in [0.15, 0.2) is 0 Å². The Kier molecular flexibility index (Phi) is 22.7. The molecule has 14 heteroatoms. The number of rotatable bonds is 24. The van der Waals surface area contributed by atoms with Crippen LogP contribution in [0.1, 0.15) is 85.1 Å². The van der Waals surface area contributed by atoms with Crippen molar-refractivity contribution in [3.8, 4) is 0 Å². The highest BCUT2D eigenvalue weighted by Crippen LogP contribution is 2.09. The van der Waals surface area contributed by atoms with Gasteiger partial charge < -0.3 is 41.2 Å². The molecule has 284 valence electrons. The number of hydrogen-bond donors (Lipinski definition) is 6. The van der Waals surface area contributed by atoms with Crippen LogP contribution in [-0.2, 0) is 40.1 Å². The van der Waals surface area contributed by atoms with Gasteiger partial charge in [-0.2, -0.15) is 0 Å². The van der Waals surface area contributed by atoms with Crippen molar-refractivity contribution < 1.29 is 43.3 Å². The fraction of sp³-hybridized carbons (Fsp3) is 0.568. The van der Waals surface area contributed by atoms with Gasteiger partial charge in [0.2, 0.25) is 23.6 Å². The van der Waals surface area contributed by atoms with Crippen LogP contribution < -0.4 is 26.6 Å². The maximum absolute atomic E-state index is 13.1. The summed E-state index contributed by atoms with van der Waals surface area (Å²) in [6, 6.07) is 7.16. The predicted octanol–water partition coefficient (Wildman–Crippen LogP) is 3.15. The largest absolute Gasteiger partial charge is 0.463 e. The Bertz CT molecular complexity index is 1280. The maximum atomic E-state index is 13.1. The first-order valence-electron chi connectivity index (χ1n) is 17.6. The van der Waals surface area contributed by atoms with Gasteiger partial charge in [-0.1, -0.05) is 89.4 Å². The first-order valence-corrected chi connectivity index (χ1v) is 17.6. The Morgan fingerprint density at radius 3 is 2.10 bits per heavy atom. The van der Waals surface area contributed by atoms with Gasteiger partial charge in [-0.25, -0.2) is 9.59 Å². The van der Waals surface area contributed by atoms with Gasteiger partial charge in [0.1, 0.15) is 24.9 Å². The van der Waals surface area contributed by atoms with E-state index in [0.29, 0.717) is 19.4 Å². The van der Waals surface area contributed by atoms with Gasteiger partial charge >= 0.3 is 12.1 Å². The lowest BCUT2D eigenvalue weighted by Crippen LogP contribution is -2.59. The Balaban J connectivity index is 2.48. The first-order chi connectivity index (χ1) is 24.4. The van der Waals surface area contributed by atoms with Crippen LogP contribution in [0.5, 0.6) is 0 Å². The van der Waals surface area contributed by atoms with Crippen molar-refractivity contribution in [2.45, 2.75) is 104 Å². The van der Waals surface area contributed by atoms with Crippen LogP contribution in [-0.4, -0.2) is 78.8 Å². The monoisotopic (exact) mass is 715 g/mol. The highest BCUT2D eigenvalue weighted by molar-refractivity contribution is 5.93. The molecule has 1 aromatic carbocycles. The van der Waals surface area contributed by atoms with Crippen molar-refractivity contribution >= 4 is 35.7 Å². The third-order valence-electron chi connectivity index (χ3n) is 7.36. The highest BCUT2D eigenvalue weighted by atomic mass is 16.5. The van der Waals surface area contributed by atoms with E-state index in [1.54, 1.807) is 20.8 Å². The second kappa shape index (κ2) is 26.1. The molecular weight excluding hydrogens is 658 g/mol. The molecule has 0 heterocycles. The van der Waals surface area contributed by atoms with Crippen molar-refractivity contribution in [1.82, 2.24) is 26.6 Å². The molecule has 3 atom stereocenters. The molecule has 51 heavy (non-hydrogen) atoms. The summed E-state index contributed by atoms with van der Waals surface area (Å²) in [5.41, 5.74) is 0.915. The molecule has 0 aliphatic carbocycles. The van der Waals surface area contributed by atoms with E-state index >= 15 is 0 Å². The molecule has 0 bridgehead atoms. The Hall–Kier alpha value is -4.72. The van der Waals surface area contributed by atoms with Gasteiger partial charge in [0, 0.05) is 25.1 Å². The lowest BCUT2D eigenvalue weighted by atomic mass is 10.0. The fourth-order valence-corrected chi connectivity index (χ4v) is 4.73. The quantitative estimate of drug-likeness (QED) is 0.0306. The van der Waals surface area contributed by atoms with Crippen LogP contribution in [0.25, 0.3) is 0 Å². The van der Waals surface area contributed by atoms with E-state index in [1.165, 1.54) is 24.3 Å². The molecule has 0 saturated heterocycles. The number of aliphatic hydroxyl groups excluding tert-OH is 1. The molecule has 0 saturated carbocycles. The summed E-state index contributed by atoms with van der Waals surface area (Å²) in [4.78, 5) is 74.5. The summed E-state index contributed by atoms with van der Waals surface area (Å²) in [6.45, 7) is 9.22. The number of amides is 5. The number of benzene rings is 1. The molecule has 6 N–H and O–H groups in total. The second-order valence-corrected chi connectivity index (χ2v) is 12.7. The van der Waals surface area contributed by atoms with Crippen LogP contribution in [0.4, 0.5) is 4.79 Å². The van der Waals surface area contributed by atoms with Crippen molar-refractivity contribution in [3.63, 3.8) is 0 Å². The van der Waals surface area contributed by atoms with E-state index in [-0.39, 0.29) is 37.4 Å². The summed E-state index contributed by atoms with van der Waals surface area (Å²) in [5, 5.41) is 23.2. The minimum Gasteiger partial charge on any atom is -0.463 e. The Labute approximate surface area is 301 Å². The fourth-order valence-electron chi connectivity index (χ4n) is 4.73. The average Bonchev–Trinajstić information content (AvgIpc) is 3.08. The molecule has 5 amide bonds. The van der Waals surface area contributed by atoms with E-state index in [1.807, 2.05) is 44.2 Å². The molecule has 0 fully saturated rings. The van der Waals surface area contributed by atoms with Crippen LogP contribution >= 0.6 is 0 Å². The first kappa shape index (κ1) is 44.3. The second-order valence-electron chi connectivity index (χ2n) is 12.7. The minimum atomic E-state index is -1.33. The van der Waals surface area contributed by atoms with Gasteiger partial charge in [-0.3, -0.25) is 19.2 Å². The number of carbonyl (C=O) groups excluding carboxylic acids is 6. The van der Waals surface area contributed by atoms with Gasteiger partial charge in [0.25, 0.3) is 0 Å². The zero-order chi connectivity index (χ0) is 38.0. The summed E-state index contributed by atoms with van der Waals surface area (Å²) in [6.07, 6.45) is 8.30. The van der Waals surface area contributed by atoms with E-state index in [0.717, 1.165) is 31.2 Å². The van der Waals surface area contributed by atoms with E-state index < -0.39 is 54.6 Å². The van der Waals surface area contributed by atoms with Crippen molar-refractivity contribution in [1.29, 1.82) is 0 Å². The molecule has 0 aromatic heterocycles. The number of aliphatic hydroxyl groups is 1. The smallest absolute Gasteiger partial charge is 0.407 e. The normalized spacial score (nSPS) is 13.0. The predicted molar refractivity (Wildman–Crippen MR) is 193 cm³/mol. The molecule has 14 nitrogen and oxygen atoms in total. The van der Waals surface area contributed by atoms with E-state index in [4.69, 9.17) is 9.47 Å². The lowest BCUT2D eigenvalue weighted by Gasteiger charge is -2.27. The third-order valence-corrected chi connectivity index (χ3v) is 7.36. The third kappa shape index (κ3) is 21.2. The number of esters is 1. The number of unbranched alkanes of at least 4 members (excludes halogenated alkanes) is 4. The van der Waals surface area contributed by atoms with Gasteiger partial charge in [-0.15, -0.1) is 0 Å². The number of alkyl carbamates (subject to hydrolysis) is 1.